The average Bonchev–Trinajstić information content (AvgIpc) is 3.18. The number of hydrogen-bond donors (Lipinski definition) is 2. The number of anilines is 2. The van der Waals surface area contributed by atoms with Crippen LogP contribution in [0.25, 0.3) is 0 Å². The van der Waals surface area contributed by atoms with Gasteiger partial charge < -0.3 is 20.1 Å². The van der Waals surface area contributed by atoms with E-state index in [4.69, 9.17) is 9.47 Å². The number of carbonyl (C=O) groups excluding carboxylic acids is 3. The number of nitrogens with zero attached hydrogens (tertiary/aromatic N) is 4. The first-order valence-electron chi connectivity index (χ1n) is 11.2. The molecule has 0 saturated carbocycles. The lowest BCUT2D eigenvalue weighted by molar-refractivity contribution is -0.143. The summed E-state index contributed by atoms with van der Waals surface area (Å²) in [4.78, 5) is 42.8. The minimum absolute atomic E-state index is 0.00192. The van der Waals surface area contributed by atoms with Gasteiger partial charge in [0, 0.05) is 18.8 Å². The van der Waals surface area contributed by atoms with Crippen LogP contribution in [0.1, 0.15) is 34.8 Å². The summed E-state index contributed by atoms with van der Waals surface area (Å²) in [6.45, 7) is 3.24. The van der Waals surface area contributed by atoms with Gasteiger partial charge in [0.25, 0.3) is 5.91 Å². The molecule has 202 valence electrons. The molecule has 2 amide bonds. The quantitative estimate of drug-likeness (QED) is 0.321. The Hall–Kier alpha value is -3.36. The lowest BCUT2D eigenvalue weighted by Gasteiger charge is -2.22. The van der Waals surface area contributed by atoms with Crippen LogP contribution >= 0.6 is 31.9 Å². The molecule has 0 fully saturated rings. The van der Waals surface area contributed by atoms with Gasteiger partial charge in [0.2, 0.25) is 0 Å². The van der Waals surface area contributed by atoms with Crippen molar-refractivity contribution in [2.75, 3.05) is 30.9 Å². The number of aryl methyl sites for hydroxylation is 1. The van der Waals surface area contributed by atoms with Crippen molar-refractivity contribution >= 4 is 61.3 Å². The van der Waals surface area contributed by atoms with E-state index in [9.17, 15) is 18.8 Å². The van der Waals surface area contributed by atoms with E-state index in [0.29, 0.717) is 15.7 Å². The Balaban J connectivity index is 1.73. The van der Waals surface area contributed by atoms with Crippen molar-refractivity contribution in [1.82, 2.24) is 20.1 Å². The SMILES string of the molecule is CNCC(=O)OCc1cccnc1N(C)C(=O)OC(C)n1nc(C(=O)Nc2ccc(C)cc2F)c(Br)c1Br. The van der Waals surface area contributed by atoms with Crippen LogP contribution in [0.2, 0.25) is 0 Å². The number of benzene rings is 1. The molecular weight excluding hydrogens is 631 g/mol. The molecule has 14 heteroatoms. The van der Waals surface area contributed by atoms with Gasteiger partial charge in [0.15, 0.2) is 11.9 Å². The molecule has 0 aliphatic rings. The summed E-state index contributed by atoms with van der Waals surface area (Å²) in [6, 6.07) is 7.75. The van der Waals surface area contributed by atoms with Crippen LogP contribution in [0.5, 0.6) is 0 Å². The van der Waals surface area contributed by atoms with Gasteiger partial charge in [0.1, 0.15) is 22.8 Å². The lowest BCUT2D eigenvalue weighted by Crippen LogP contribution is -2.31. The van der Waals surface area contributed by atoms with Gasteiger partial charge in [-0.25, -0.2) is 18.9 Å². The third kappa shape index (κ3) is 6.94. The van der Waals surface area contributed by atoms with E-state index in [1.165, 1.54) is 30.1 Å². The minimum atomic E-state index is -0.964. The van der Waals surface area contributed by atoms with E-state index in [0.717, 1.165) is 4.90 Å². The first-order chi connectivity index (χ1) is 18.0. The van der Waals surface area contributed by atoms with Crippen molar-refractivity contribution in [1.29, 1.82) is 0 Å². The van der Waals surface area contributed by atoms with Crippen LogP contribution in [0.3, 0.4) is 0 Å². The van der Waals surface area contributed by atoms with Gasteiger partial charge >= 0.3 is 12.1 Å². The van der Waals surface area contributed by atoms with E-state index < -0.39 is 30.0 Å². The standard InChI is InChI=1S/C24H25Br2FN6O5/c1-13-7-8-17(16(27)10-13)30-23(35)20-19(25)21(26)33(31-20)14(2)38-24(36)32(4)22-15(6-5-9-29-22)12-37-18(34)11-28-3/h5-10,14,28H,11-12H2,1-4H3,(H,30,35). The molecule has 0 saturated heterocycles. The molecule has 0 spiro atoms. The molecule has 11 nitrogen and oxygen atoms in total. The second-order valence-corrected chi connectivity index (χ2v) is 9.60. The molecule has 3 aromatic rings. The number of ether oxygens (including phenoxy) is 2. The second-order valence-electron chi connectivity index (χ2n) is 8.05. The van der Waals surface area contributed by atoms with E-state index in [-0.39, 0.29) is 34.8 Å². The maximum atomic E-state index is 14.2. The van der Waals surface area contributed by atoms with Crippen LogP contribution in [0.15, 0.2) is 45.6 Å². The van der Waals surface area contributed by atoms with Gasteiger partial charge in [-0.1, -0.05) is 12.1 Å². The third-order valence-corrected chi connectivity index (χ3v) is 7.21. The highest BCUT2D eigenvalue weighted by Gasteiger charge is 2.26. The van der Waals surface area contributed by atoms with Gasteiger partial charge in [-0.3, -0.25) is 14.5 Å². The molecule has 1 unspecified atom stereocenters. The van der Waals surface area contributed by atoms with Crippen molar-refractivity contribution in [3.63, 3.8) is 0 Å². The number of hydrogen-bond acceptors (Lipinski definition) is 8. The van der Waals surface area contributed by atoms with Crippen LogP contribution in [0.4, 0.5) is 20.7 Å². The highest BCUT2D eigenvalue weighted by Crippen LogP contribution is 2.31. The summed E-state index contributed by atoms with van der Waals surface area (Å²) >= 11 is 6.64. The number of aromatic nitrogens is 3. The number of carbonyl (C=O) groups is 3. The molecule has 0 aliphatic carbocycles. The molecule has 2 N–H and O–H groups in total. The zero-order valence-electron chi connectivity index (χ0n) is 20.9. The molecule has 1 aromatic carbocycles. The van der Waals surface area contributed by atoms with Crippen LogP contribution in [-0.2, 0) is 20.9 Å². The van der Waals surface area contributed by atoms with Crippen LogP contribution in [0, 0.1) is 12.7 Å². The van der Waals surface area contributed by atoms with E-state index in [2.05, 4.69) is 52.6 Å². The topological polar surface area (TPSA) is 128 Å². The fourth-order valence-electron chi connectivity index (χ4n) is 3.24. The van der Waals surface area contributed by atoms with Crippen molar-refractivity contribution in [3.8, 4) is 0 Å². The molecular formula is C24H25Br2FN6O5. The van der Waals surface area contributed by atoms with Gasteiger partial charge in [-0.2, -0.15) is 5.10 Å². The molecule has 38 heavy (non-hydrogen) atoms. The normalized spacial score (nSPS) is 11.6. The Morgan fingerprint density at radius 3 is 2.66 bits per heavy atom. The predicted molar refractivity (Wildman–Crippen MR) is 144 cm³/mol. The van der Waals surface area contributed by atoms with Crippen molar-refractivity contribution in [2.45, 2.75) is 26.7 Å². The summed E-state index contributed by atoms with van der Waals surface area (Å²) in [5.74, 6) is -1.47. The summed E-state index contributed by atoms with van der Waals surface area (Å²) < 4.78 is 26.8. The maximum absolute atomic E-state index is 14.2. The highest BCUT2D eigenvalue weighted by atomic mass is 79.9. The summed E-state index contributed by atoms with van der Waals surface area (Å²) in [5.41, 5.74) is 1.15. The maximum Gasteiger partial charge on any atom is 0.417 e. The first-order valence-corrected chi connectivity index (χ1v) is 12.8. The third-order valence-electron chi connectivity index (χ3n) is 5.17. The predicted octanol–water partition coefficient (Wildman–Crippen LogP) is 4.56. The number of rotatable bonds is 9. The zero-order valence-corrected chi connectivity index (χ0v) is 24.1. The first kappa shape index (κ1) is 29.2. The van der Waals surface area contributed by atoms with Gasteiger partial charge in [-0.05, 0) is 76.5 Å². The van der Waals surface area contributed by atoms with E-state index >= 15 is 0 Å². The highest BCUT2D eigenvalue weighted by molar-refractivity contribution is 9.13. The lowest BCUT2D eigenvalue weighted by atomic mass is 10.2. The largest absolute Gasteiger partial charge is 0.460 e. The van der Waals surface area contributed by atoms with Crippen molar-refractivity contribution in [2.24, 2.45) is 0 Å². The molecule has 1 atom stereocenters. The number of nitrogens with one attached hydrogen (secondary N) is 2. The fourth-order valence-corrected chi connectivity index (χ4v) is 4.24. The van der Waals surface area contributed by atoms with Crippen LogP contribution in [-0.4, -0.2) is 53.4 Å². The Morgan fingerprint density at radius 1 is 1.24 bits per heavy atom. The minimum Gasteiger partial charge on any atom is -0.460 e. The monoisotopic (exact) mass is 654 g/mol. The van der Waals surface area contributed by atoms with Crippen molar-refractivity contribution in [3.05, 3.63) is 68.2 Å². The Morgan fingerprint density at radius 2 is 1.97 bits per heavy atom. The molecule has 0 bridgehead atoms. The second kappa shape index (κ2) is 12.9. The number of likely N-dealkylation sites (N-methyl/N-ethyl adjacent to an activating group) is 1. The summed E-state index contributed by atoms with van der Waals surface area (Å²) in [6.07, 6.45) is -0.246. The number of esters is 1. The van der Waals surface area contributed by atoms with E-state index in [1.54, 1.807) is 39.1 Å². The Bertz CT molecular complexity index is 1350. The smallest absolute Gasteiger partial charge is 0.417 e. The van der Waals surface area contributed by atoms with E-state index in [1.807, 2.05) is 0 Å². The molecule has 0 radical (unpaired) electrons. The molecule has 2 aromatic heterocycles. The number of pyridine rings is 1. The van der Waals surface area contributed by atoms with Gasteiger partial charge in [-0.15, -0.1) is 0 Å². The summed E-state index contributed by atoms with van der Waals surface area (Å²) in [7, 11) is 3.08. The number of halogens is 3. The number of amides is 2. The van der Waals surface area contributed by atoms with Crippen molar-refractivity contribution < 1.29 is 28.2 Å². The zero-order chi connectivity index (χ0) is 28.0. The Labute approximate surface area is 234 Å². The van der Waals surface area contributed by atoms with Crippen LogP contribution < -0.4 is 15.5 Å². The Kier molecular flexibility index (Phi) is 9.94. The summed E-state index contributed by atoms with van der Waals surface area (Å²) in [5, 5.41) is 9.42. The molecule has 0 aliphatic heterocycles. The average molecular weight is 656 g/mol. The molecule has 3 rings (SSSR count). The molecule has 2 heterocycles. The van der Waals surface area contributed by atoms with Gasteiger partial charge in [0.05, 0.1) is 16.7 Å². The fraction of sp³-hybridized carbons (Fsp3) is 0.292.